The summed E-state index contributed by atoms with van der Waals surface area (Å²) in [5.41, 5.74) is 10.4. The van der Waals surface area contributed by atoms with Crippen LogP contribution in [0.1, 0.15) is 104 Å². The van der Waals surface area contributed by atoms with Crippen LogP contribution in [0.3, 0.4) is 0 Å². The number of aliphatic hydroxyl groups excluding tert-OH is 1. The van der Waals surface area contributed by atoms with E-state index < -0.39 is 60.2 Å². The van der Waals surface area contributed by atoms with Crippen molar-refractivity contribution in [2.75, 3.05) is 0 Å². The highest BCUT2D eigenvalue weighted by Crippen LogP contribution is 2.11. The Morgan fingerprint density at radius 1 is 0.744 bits per heavy atom. The second-order valence-corrected chi connectivity index (χ2v) is 10.5. The normalized spacial score (nSPS) is 14.1. The largest absolute Gasteiger partial charge is 0.383 e. The van der Waals surface area contributed by atoms with Crippen molar-refractivity contribution in [3.63, 3.8) is 0 Å². The first-order valence-electron chi connectivity index (χ1n) is 14.0. The monoisotopic (exact) mass is 555 g/mol. The van der Waals surface area contributed by atoms with Crippen molar-refractivity contribution in [1.29, 1.82) is 0 Å². The third kappa shape index (κ3) is 18.0. The fraction of sp³-hybridized carbons (Fsp3) is 0.778. The lowest BCUT2D eigenvalue weighted by Crippen LogP contribution is -2.56. The zero-order valence-corrected chi connectivity index (χ0v) is 23.7. The molecule has 0 spiro atoms. The minimum Gasteiger partial charge on any atom is -0.383 e. The number of unbranched alkanes of at least 4 members (excludes halogenated alkanes) is 7. The van der Waals surface area contributed by atoms with E-state index in [0.717, 1.165) is 25.7 Å². The molecule has 2 unspecified atom stereocenters. The summed E-state index contributed by atoms with van der Waals surface area (Å²) < 4.78 is 0. The minimum atomic E-state index is -1.45. The van der Waals surface area contributed by atoms with E-state index in [-0.39, 0.29) is 25.2 Å². The van der Waals surface area contributed by atoms with Crippen LogP contribution < -0.4 is 27.4 Å². The van der Waals surface area contributed by atoms with E-state index >= 15 is 0 Å². The molecule has 0 aromatic rings. The number of nitrogens with two attached hydrogens (primary N) is 2. The number of aliphatic hydroxyl groups is 1. The van der Waals surface area contributed by atoms with Crippen LogP contribution in [0.15, 0.2) is 0 Å². The molecule has 0 rings (SSSR count). The smallest absolute Gasteiger partial charge is 0.249 e. The predicted molar refractivity (Wildman–Crippen MR) is 147 cm³/mol. The molecule has 224 valence electrons. The highest BCUT2D eigenvalue weighted by molar-refractivity contribution is 5.95. The molecule has 0 bridgehead atoms. The van der Waals surface area contributed by atoms with E-state index in [9.17, 15) is 33.9 Å². The Hall–Kier alpha value is -3.02. The lowest BCUT2D eigenvalue weighted by Gasteiger charge is -2.24. The average molecular weight is 556 g/mol. The number of amides is 5. The Labute approximate surface area is 231 Å². The predicted octanol–water partition coefficient (Wildman–Crippen LogP) is 0.718. The van der Waals surface area contributed by atoms with E-state index in [2.05, 4.69) is 22.9 Å². The maximum absolute atomic E-state index is 13.0. The zero-order valence-electron chi connectivity index (χ0n) is 23.7. The average Bonchev–Trinajstić information content (AvgIpc) is 2.86. The van der Waals surface area contributed by atoms with Gasteiger partial charge in [0.15, 0.2) is 0 Å². The summed E-state index contributed by atoms with van der Waals surface area (Å²) in [6.07, 6.45) is 7.10. The molecule has 0 aliphatic heterocycles. The fourth-order valence-electron chi connectivity index (χ4n) is 4.05. The Bertz CT molecular complexity index is 790. The first-order valence-corrected chi connectivity index (χ1v) is 14.0. The standard InChI is InChI=1S/C27H49N5O7/c1-4-5-6-7-8-9-10-11-12-22(34)27(39)32-21(16-24(29)36)26(38)31-20(13-14-23(28)35)25(37)30-19(17-33)15-18(2)3/h17-22,34H,4-16H2,1-3H3,(H2,28,35)(H2,29,36)(H,30,37)(H,31,38)(H,32,39)/t19?,20-,21-,22?/m0/s1. The molecule has 0 radical (unpaired) electrons. The van der Waals surface area contributed by atoms with Crippen molar-refractivity contribution in [3.05, 3.63) is 0 Å². The SMILES string of the molecule is CCCCCCCCCCC(O)C(=O)N[C@@H](CC(N)=O)C(=O)N[C@@H](CCC(N)=O)C(=O)NC(C=O)CC(C)C. The molecule has 39 heavy (non-hydrogen) atoms. The number of aldehydes is 1. The summed E-state index contributed by atoms with van der Waals surface area (Å²) in [6, 6.07) is -3.53. The summed E-state index contributed by atoms with van der Waals surface area (Å²) in [4.78, 5) is 72.5. The fourth-order valence-corrected chi connectivity index (χ4v) is 4.05. The number of carbonyl (C=O) groups excluding carboxylic acids is 6. The van der Waals surface area contributed by atoms with Gasteiger partial charge in [0.05, 0.1) is 12.5 Å². The summed E-state index contributed by atoms with van der Waals surface area (Å²) in [5.74, 6) is -3.95. The highest BCUT2D eigenvalue weighted by atomic mass is 16.3. The van der Waals surface area contributed by atoms with Gasteiger partial charge in [-0.2, -0.15) is 0 Å². The van der Waals surface area contributed by atoms with Crippen LogP contribution in [-0.2, 0) is 28.8 Å². The number of carbonyl (C=O) groups is 6. The number of hydrogen-bond donors (Lipinski definition) is 6. The molecule has 0 aromatic carbocycles. The molecule has 0 aliphatic rings. The second-order valence-electron chi connectivity index (χ2n) is 10.5. The van der Waals surface area contributed by atoms with Gasteiger partial charge in [0.2, 0.25) is 29.5 Å². The van der Waals surface area contributed by atoms with Crippen molar-refractivity contribution in [3.8, 4) is 0 Å². The Morgan fingerprint density at radius 3 is 1.79 bits per heavy atom. The lowest BCUT2D eigenvalue weighted by atomic mass is 10.0. The van der Waals surface area contributed by atoms with Crippen LogP contribution in [0.25, 0.3) is 0 Å². The molecule has 0 aromatic heterocycles. The summed E-state index contributed by atoms with van der Waals surface area (Å²) in [5, 5.41) is 17.5. The number of nitrogens with one attached hydrogen (secondary N) is 3. The number of rotatable bonds is 23. The van der Waals surface area contributed by atoms with E-state index in [1.807, 2.05) is 13.8 Å². The van der Waals surface area contributed by atoms with Crippen LogP contribution in [-0.4, -0.2) is 65.2 Å². The molecule has 8 N–H and O–H groups in total. The van der Waals surface area contributed by atoms with Gasteiger partial charge in [-0.15, -0.1) is 0 Å². The molecule has 0 aliphatic carbocycles. The molecule has 0 heterocycles. The van der Waals surface area contributed by atoms with Crippen LogP contribution in [0.5, 0.6) is 0 Å². The van der Waals surface area contributed by atoms with Crippen molar-refractivity contribution >= 4 is 35.8 Å². The van der Waals surface area contributed by atoms with E-state index in [1.165, 1.54) is 19.3 Å². The van der Waals surface area contributed by atoms with E-state index in [0.29, 0.717) is 19.1 Å². The first kappa shape index (κ1) is 36.0. The summed E-state index contributed by atoms with van der Waals surface area (Å²) in [7, 11) is 0. The first-order chi connectivity index (χ1) is 18.4. The van der Waals surface area contributed by atoms with Crippen molar-refractivity contribution in [2.45, 2.75) is 128 Å². The Morgan fingerprint density at radius 2 is 1.28 bits per heavy atom. The molecule has 12 nitrogen and oxygen atoms in total. The van der Waals surface area contributed by atoms with Crippen LogP contribution >= 0.6 is 0 Å². The summed E-state index contributed by atoms with van der Waals surface area (Å²) >= 11 is 0. The zero-order chi connectivity index (χ0) is 29.8. The molecule has 0 saturated heterocycles. The van der Waals surface area contributed by atoms with Crippen molar-refractivity contribution < 1.29 is 33.9 Å². The Kier molecular flexibility index (Phi) is 19.3. The number of primary amides is 2. The van der Waals surface area contributed by atoms with Crippen LogP contribution in [0.4, 0.5) is 0 Å². The van der Waals surface area contributed by atoms with Gasteiger partial charge < -0.3 is 37.3 Å². The molecular weight excluding hydrogens is 506 g/mol. The molecule has 5 amide bonds. The minimum absolute atomic E-state index is 0.103. The van der Waals surface area contributed by atoms with Gasteiger partial charge in [-0.1, -0.05) is 72.1 Å². The highest BCUT2D eigenvalue weighted by Gasteiger charge is 2.30. The lowest BCUT2D eigenvalue weighted by molar-refractivity contribution is -0.136. The topological polar surface area (TPSA) is 211 Å². The van der Waals surface area contributed by atoms with Crippen molar-refractivity contribution in [1.82, 2.24) is 16.0 Å². The molecule has 4 atom stereocenters. The second kappa shape index (κ2) is 20.9. The van der Waals surface area contributed by atoms with Gasteiger partial charge in [0.1, 0.15) is 24.5 Å². The molecule has 0 saturated carbocycles. The van der Waals surface area contributed by atoms with Gasteiger partial charge in [-0.3, -0.25) is 24.0 Å². The number of hydrogen-bond acceptors (Lipinski definition) is 7. The van der Waals surface area contributed by atoms with Crippen molar-refractivity contribution in [2.24, 2.45) is 17.4 Å². The molecule has 12 heteroatoms. The van der Waals surface area contributed by atoms with Gasteiger partial charge in [0, 0.05) is 6.42 Å². The van der Waals surface area contributed by atoms with Gasteiger partial charge in [-0.25, -0.2) is 0 Å². The van der Waals surface area contributed by atoms with Gasteiger partial charge >= 0.3 is 0 Å². The molecular formula is C27H49N5O7. The third-order valence-corrected chi connectivity index (χ3v) is 6.20. The van der Waals surface area contributed by atoms with Gasteiger partial charge in [0.25, 0.3) is 0 Å². The van der Waals surface area contributed by atoms with E-state index in [4.69, 9.17) is 11.5 Å². The maximum Gasteiger partial charge on any atom is 0.249 e. The maximum atomic E-state index is 13.0. The quantitative estimate of drug-likeness (QED) is 0.0784. The van der Waals surface area contributed by atoms with Crippen LogP contribution in [0, 0.1) is 5.92 Å². The van der Waals surface area contributed by atoms with Crippen LogP contribution in [0.2, 0.25) is 0 Å². The third-order valence-electron chi connectivity index (χ3n) is 6.20. The Balaban J connectivity index is 5.14. The van der Waals surface area contributed by atoms with Gasteiger partial charge in [-0.05, 0) is 25.2 Å². The summed E-state index contributed by atoms with van der Waals surface area (Å²) in [6.45, 7) is 5.90. The van der Waals surface area contributed by atoms with E-state index in [1.54, 1.807) is 0 Å². The molecule has 0 fully saturated rings.